The molecule has 0 radical (unpaired) electrons. The molecule has 0 aliphatic carbocycles. The number of amides is 10. The van der Waals surface area contributed by atoms with Crippen molar-refractivity contribution in [1.82, 2.24) is 48.0 Å². The number of fused-ring (bicyclic) bond motifs is 1. The molecule has 7 atom stereocenters. The van der Waals surface area contributed by atoms with Gasteiger partial charge < -0.3 is 71.2 Å². The number of urea groups is 1. The van der Waals surface area contributed by atoms with Crippen molar-refractivity contribution in [2.24, 2.45) is 50.5 Å². The molecule has 0 bridgehead atoms. The van der Waals surface area contributed by atoms with E-state index in [1.165, 1.54) is 5.48 Å². The first kappa shape index (κ1) is 57.0. The van der Waals surface area contributed by atoms with E-state index in [1.807, 2.05) is 25.6 Å². The molecule has 0 aromatic carbocycles. The molecular weight excluding hydrogens is 897 g/mol. The van der Waals surface area contributed by atoms with Crippen molar-refractivity contribution in [3.63, 3.8) is 0 Å². The van der Waals surface area contributed by atoms with Crippen LogP contribution in [0.3, 0.4) is 0 Å². The van der Waals surface area contributed by atoms with Crippen LogP contribution in [-0.4, -0.2) is 144 Å². The van der Waals surface area contributed by atoms with Gasteiger partial charge in [-0.3, -0.25) is 53.5 Å². The minimum absolute atomic E-state index is 0.0109. The molecule has 20 N–H and O–H groups in total. The number of thioether (sulfide) groups is 1. The Hall–Kier alpha value is -6.12. The fourth-order valence-electron chi connectivity index (χ4n) is 7.35. The van der Waals surface area contributed by atoms with Crippen LogP contribution in [-0.2, 0) is 38.4 Å². The number of guanidine groups is 2. The molecule has 2 heterocycles. The monoisotopic (exact) mass is 969 g/mol. The largest absolute Gasteiger partial charge is 0.370 e. The summed E-state index contributed by atoms with van der Waals surface area (Å²) in [6.07, 6.45) is 4.32. The summed E-state index contributed by atoms with van der Waals surface area (Å²) in [5, 5.41) is 30.6. The van der Waals surface area contributed by atoms with Gasteiger partial charge in [0, 0.05) is 49.4 Å². The first-order chi connectivity index (χ1) is 31.8. The van der Waals surface area contributed by atoms with E-state index in [-0.39, 0.29) is 99.9 Å². The summed E-state index contributed by atoms with van der Waals surface area (Å²) in [7, 11) is 0. The predicted molar refractivity (Wildman–Crippen MR) is 249 cm³/mol. The van der Waals surface area contributed by atoms with Crippen LogP contribution < -0.4 is 76.7 Å². The highest BCUT2D eigenvalue weighted by molar-refractivity contribution is 8.00. The third-order valence-electron chi connectivity index (χ3n) is 10.7. The first-order valence-electron chi connectivity index (χ1n) is 22.5. The number of hydroxylamine groups is 1. The summed E-state index contributed by atoms with van der Waals surface area (Å²) >= 11 is 1.83. The van der Waals surface area contributed by atoms with E-state index < -0.39 is 78.5 Å². The molecule has 2 rings (SSSR count). The van der Waals surface area contributed by atoms with Gasteiger partial charge in [-0.2, -0.15) is 11.8 Å². The van der Waals surface area contributed by atoms with Crippen molar-refractivity contribution >= 4 is 77.0 Å². The van der Waals surface area contributed by atoms with Crippen molar-refractivity contribution in [2.45, 2.75) is 133 Å². The fourth-order valence-corrected chi connectivity index (χ4v) is 8.90. The molecule has 1 unspecified atom stereocenters. The lowest BCUT2D eigenvalue weighted by atomic mass is 9.92. The van der Waals surface area contributed by atoms with Gasteiger partial charge in [-0.25, -0.2) is 10.3 Å². The maximum atomic E-state index is 13.7. The number of nitrogens with two attached hydrogens (primary N) is 5. The molecule has 2 fully saturated rings. The Labute approximate surface area is 394 Å². The minimum Gasteiger partial charge on any atom is -0.370 e. The highest BCUT2D eigenvalue weighted by Gasteiger charge is 2.42. The zero-order valence-corrected chi connectivity index (χ0v) is 39.2. The van der Waals surface area contributed by atoms with Gasteiger partial charge in [-0.1, -0.05) is 20.3 Å². The van der Waals surface area contributed by atoms with Crippen LogP contribution in [0.2, 0.25) is 0 Å². The Bertz CT molecular complexity index is 1750. The van der Waals surface area contributed by atoms with E-state index >= 15 is 0 Å². The summed E-state index contributed by atoms with van der Waals surface area (Å²) in [5.41, 5.74) is 28.7. The molecule has 0 aromatic heterocycles. The van der Waals surface area contributed by atoms with E-state index in [2.05, 4.69) is 52.5 Å². The van der Waals surface area contributed by atoms with Gasteiger partial charge in [0.05, 0.1) is 25.2 Å². The summed E-state index contributed by atoms with van der Waals surface area (Å²) in [6, 6.07) is -3.38. The second-order valence-electron chi connectivity index (χ2n) is 16.8. The molecule has 2 aliphatic rings. The van der Waals surface area contributed by atoms with E-state index in [0.29, 0.717) is 37.5 Å². The van der Waals surface area contributed by atoms with Crippen LogP contribution in [0.15, 0.2) is 9.98 Å². The Kier molecular flexibility index (Phi) is 26.3. The Morgan fingerprint density at radius 1 is 0.687 bits per heavy atom. The SMILES string of the molecule is CC(C)CC(CC(=O)NO)C(=O)N[C@@H](CCCN=C(N)N)C(=O)N[C@@H](CCCN=C(N)N)C(=O)NCC(=O)NCC(=O)N[C@@H](CCCCNC(=O)CCCC[C@@H]1SC[C@@H]2NC(=O)N[C@@H]21)C(N)=O. The summed E-state index contributed by atoms with van der Waals surface area (Å²) in [6.45, 7) is 3.06. The summed E-state index contributed by atoms with van der Waals surface area (Å²) < 4.78 is 0. The lowest BCUT2D eigenvalue weighted by Crippen LogP contribution is -2.55. The standard InChI is InChI=1S/C40H72N16O10S/c1-22(2)17-23(18-30(58)56-66)35(62)52-26(11-8-16-48-39(44)45)37(64)53-25(10-7-15-47-38(42)43)36(63)50-19-31(59)49-20-32(60)51-24(34(41)61)9-5-6-14-46-29(57)13-4-3-12-28-33-27(21-67-28)54-40(65)55-33/h22-28,33,66H,3-21H2,1-2H3,(H2,41,61)(H,46,57)(H,49,59)(H,50,63)(H,51,60)(H,52,62)(H,53,64)(H,56,58)(H4,42,43,47)(H4,44,45,48)(H2,54,55,65)/t23?,24-,25-,26-,27-,28-,33-/m0/s1. The molecule has 2 aliphatic heterocycles. The zero-order valence-electron chi connectivity index (χ0n) is 38.4. The van der Waals surface area contributed by atoms with Crippen LogP contribution >= 0.6 is 11.8 Å². The average molecular weight is 969 g/mol. The smallest absolute Gasteiger partial charge is 0.315 e. The van der Waals surface area contributed by atoms with Crippen LogP contribution in [0.5, 0.6) is 0 Å². The molecule has 27 heteroatoms. The third kappa shape index (κ3) is 23.8. The molecule has 0 aromatic rings. The fraction of sp³-hybridized carbons (Fsp3) is 0.725. The van der Waals surface area contributed by atoms with Crippen molar-refractivity contribution in [1.29, 1.82) is 0 Å². The molecule has 0 saturated carbocycles. The van der Waals surface area contributed by atoms with Gasteiger partial charge in [0.1, 0.15) is 18.1 Å². The number of hydrogen-bond donors (Lipinski definition) is 15. The van der Waals surface area contributed by atoms with E-state index in [1.54, 1.807) is 0 Å². The molecule has 2 saturated heterocycles. The number of nitrogens with zero attached hydrogens (tertiary/aromatic N) is 2. The van der Waals surface area contributed by atoms with Crippen LogP contribution in [0.25, 0.3) is 0 Å². The molecule has 67 heavy (non-hydrogen) atoms. The molecule has 26 nitrogen and oxygen atoms in total. The van der Waals surface area contributed by atoms with Gasteiger partial charge in [0.2, 0.25) is 47.3 Å². The Morgan fingerprint density at radius 3 is 1.91 bits per heavy atom. The number of carbonyl (C=O) groups excluding carboxylic acids is 9. The van der Waals surface area contributed by atoms with Gasteiger partial charge in [-0.15, -0.1) is 0 Å². The number of nitrogens with one attached hydrogen (secondary N) is 9. The van der Waals surface area contributed by atoms with Gasteiger partial charge in [0.25, 0.3) is 0 Å². The number of primary amides is 1. The van der Waals surface area contributed by atoms with Crippen LogP contribution in [0, 0.1) is 11.8 Å². The molecule has 378 valence electrons. The van der Waals surface area contributed by atoms with Gasteiger partial charge in [0.15, 0.2) is 11.9 Å². The van der Waals surface area contributed by atoms with Crippen LogP contribution in [0.4, 0.5) is 4.79 Å². The summed E-state index contributed by atoms with van der Waals surface area (Å²) in [5.74, 6) is -5.83. The van der Waals surface area contributed by atoms with Crippen LogP contribution in [0.1, 0.15) is 97.3 Å². The maximum Gasteiger partial charge on any atom is 0.315 e. The number of rotatable bonds is 33. The lowest BCUT2D eigenvalue weighted by molar-refractivity contribution is -0.137. The lowest BCUT2D eigenvalue weighted by Gasteiger charge is -2.25. The topological polar surface area (TPSA) is 437 Å². The number of aliphatic imine (C=N–C) groups is 2. The third-order valence-corrected chi connectivity index (χ3v) is 12.2. The van der Waals surface area contributed by atoms with Crippen molar-refractivity contribution in [3.8, 4) is 0 Å². The van der Waals surface area contributed by atoms with E-state index in [9.17, 15) is 43.2 Å². The normalized spacial score (nSPS) is 17.7. The molecule has 10 amide bonds. The number of unbranched alkanes of at least 4 members (excludes halogenated alkanes) is 2. The predicted octanol–water partition coefficient (Wildman–Crippen LogP) is -4.16. The Morgan fingerprint density at radius 2 is 1.30 bits per heavy atom. The second-order valence-corrected chi connectivity index (χ2v) is 18.1. The number of hydrogen-bond acceptors (Lipinski definition) is 13. The Balaban J connectivity index is 1.87. The molecular formula is C40H72N16O10S. The van der Waals surface area contributed by atoms with Gasteiger partial charge in [-0.05, 0) is 70.1 Å². The van der Waals surface area contributed by atoms with E-state index in [0.717, 1.165) is 18.6 Å². The highest BCUT2D eigenvalue weighted by Crippen LogP contribution is 2.33. The van der Waals surface area contributed by atoms with Gasteiger partial charge >= 0.3 is 6.03 Å². The highest BCUT2D eigenvalue weighted by atomic mass is 32.2. The van der Waals surface area contributed by atoms with Crippen molar-refractivity contribution in [3.05, 3.63) is 0 Å². The van der Waals surface area contributed by atoms with Crippen molar-refractivity contribution in [2.75, 3.05) is 38.5 Å². The van der Waals surface area contributed by atoms with E-state index in [4.69, 9.17) is 33.9 Å². The maximum absolute atomic E-state index is 13.7. The zero-order chi connectivity index (χ0) is 49.9. The second kappa shape index (κ2) is 31.0. The molecule has 0 spiro atoms. The average Bonchev–Trinajstić information content (AvgIpc) is 3.82. The summed E-state index contributed by atoms with van der Waals surface area (Å²) in [4.78, 5) is 122. The van der Waals surface area contributed by atoms with Crippen molar-refractivity contribution < 1.29 is 48.4 Å². The quantitative estimate of drug-likeness (QED) is 0.00741. The first-order valence-corrected chi connectivity index (χ1v) is 23.6. The minimum atomic E-state index is -1.26. The number of carbonyl (C=O) groups is 9.